The van der Waals surface area contributed by atoms with E-state index in [0.717, 1.165) is 16.7 Å². The number of urea groups is 1. The number of allylic oxidation sites excluding steroid dienone is 1. The van der Waals surface area contributed by atoms with Crippen molar-refractivity contribution in [1.29, 1.82) is 0 Å². The van der Waals surface area contributed by atoms with E-state index in [1.165, 1.54) is 0 Å². The number of aromatic nitrogens is 2. The topological polar surface area (TPSA) is 80.5 Å². The molecule has 1 aromatic heterocycles. The lowest BCUT2D eigenvalue weighted by molar-refractivity contribution is 0.244. The van der Waals surface area contributed by atoms with Crippen molar-refractivity contribution in [1.82, 2.24) is 15.5 Å². The first kappa shape index (κ1) is 22.7. The molecule has 35 heavy (non-hydrogen) atoms. The second kappa shape index (κ2) is 9.27. The summed E-state index contributed by atoms with van der Waals surface area (Å²) in [6, 6.07) is 21.8. The summed E-state index contributed by atoms with van der Waals surface area (Å²) in [5.74, 6) is 1.47. The van der Waals surface area contributed by atoms with Gasteiger partial charge in [0.25, 0.3) is 5.89 Å². The van der Waals surface area contributed by atoms with Crippen LogP contribution in [0.25, 0.3) is 17.0 Å². The van der Waals surface area contributed by atoms with Crippen LogP contribution in [0.3, 0.4) is 0 Å². The molecule has 1 atom stereocenters. The van der Waals surface area contributed by atoms with E-state index < -0.39 is 6.04 Å². The van der Waals surface area contributed by atoms with Crippen LogP contribution in [-0.4, -0.2) is 23.3 Å². The Morgan fingerprint density at radius 2 is 1.83 bits per heavy atom. The van der Waals surface area contributed by atoms with Crippen molar-refractivity contribution in [3.63, 3.8) is 0 Å². The molecule has 0 saturated heterocycles. The summed E-state index contributed by atoms with van der Waals surface area (Å²) in [6.07, 6.45) is 0. The van der Waals surface area contributed by atoms with Gasteiger partial charge in [0.1, 0.15) is 5.75 Å². The first-order valence-corrected chi connectivity index (χ1v) is 11.4. The van der Waals surface area contributed by atoms with E-state index in [2.05, 4.69) is 10.5 Å². The van der Waals surface area contributed by atoms with Crippen LogP contribution in [0.15, 0.2) is 83.0 Å². The number of methoxy groups -OCH3 is 1. The SMILES string of the molecule is COc1cccc(C2NC(=O)N(c3ccc(Cl)c(C)c3)C(C)=C2c2nc(-c3ccccc3)no2)c1. The Labute approximate surface area is 208 Å². The van der Waals surface area contributed by atoms with Gasteiger partial charge in [-0.2, -0.15) is 4.98 Å². The second-order valence-electron chi connectivity index (χ2n) is 8.22. The zero-order valence-corrected chi connectivity index (χ0v) is 20.2. The number of benzene rings is 3. The standard InChI is InChI=1S/C27H23ClN4O3/c1-16-14-20(12-13-22(16)28)32-17(2)23(26-30-25(31-35-26)18-8-5-4-6-9-18)24(29-27(32)33)19-10-7-11-21(15-19)34-3/h4-15,24H,1-3H3,(H,29,33). The lowest BCUT2D eigenvalue weighted by atomic mass is 9.94. The minimum atomic E-state index is -0.522. The number of hydrogen-bond acceptors (Lipinski definition) is 5. The van der Waals surface area contributed by atoms with Crippen LogP contribution in [-0.2, 0) is 0 Å². The van der Waals surface area contributed by atoms with Gasteiger partial charge in [-0.1, -0.05) is 59.2 Å². The summed E-state index contributed by atoms with van der Waals surface area (Å²) in [5.41, 5.74) is 4.59. The van der Waals surface area contributed by atoms with Gasteiger partial charge in [0.15, 0.2) is 0 Å². The van der Waals surface area contributed by atoms with Crippen molar-refractivity contribution < 1.29 is 14.1 Å². The van der Waals surface area contributed by atoms with Crippen LogP contribution >= 0.6 is 11.6 Å². The monoisotopic (exact) mass is 486 g/mol. The largest absolute Gasteiger partial charge is 0.497 e. The quantitative estimate of drug-likeness (QED) is 0.352. The molecule has 7 nitrogen and oxygen atoms in total. The van der Waals surface area contributed by atoms with E-state index in [-0.39, 0.29) is 6.03 Å². The molecule has 1 unspecified atom stereocenters. The number of aryl methyl sites for hydroxylation is 1. The van der Waals surface area contributed by atoms with Crippen molar-refractivity contribution >= 4 is 28.9 Å². The Morgan fingerprint density at radius 3 is 2.57 bits per heavy atom. The van der Waals surface area contributed by atoms with E-state index in [4.69, 9.17) is 25.8 Å². The number of anilines is 1. The van der Waals surface area contributed by atoms with Crippen molar-refractivity contribution in [2.75, 3.05) is 12.0 Å². The normalized spacial score (nSPS) is 15.8. The third-order valence-corrected chi connectivity index (χ3v) is 6.42. The van der Waals surface area contributed by atoms with Gasteiger partial charge >= 0.3 is 6.03 Å². The number of hydrogen-bond donors (Lipinski definition) is 1. The smallest absolute Gasteiger partial charge is 0.326 e. The molecule has 0 saturated carbocycles. The van der Waals surface area contributed by atoms with E-state index in [0.29, 0.717) is 39.4 Å². The van der Waals surface area contributed by atoms with E-state index in [1.54, 1.807) is 18.1 Å². The van der Waals surface area contributed by atoms with Gasteiger partial charge in [0.2, 0.25) is 5.82 Å². The van der Waals surface area contributed by atoms with Gasteiger partial charge < -0.3 is 14.6 Å². The number of ether oxygens (including phenoxy) is 1. The lowest BCUT2D eigenvalue weighted by Crippen LogP contribution is -2.46. The fraction of sp³-hybridized carbons (Fsp3) is 0.148. The molecule has 0 fully saturated rings. The number of halogens is 1. The first-order chi connectivity index (χ1) is 17.0. The Morgan fingerprint density at radius 1 is 1.03 bits per heavy atom. The molecule has 2 heterocycles. The van der Waals surface area contributed by atoms with Gasteiger partial charge in [0, 0.05) is 16.3 Å². The molecule has 0 spiro atoms. The summed E-state index contributed by atoms with van der Waals surface area (Å²) in [5, 5.41) is 7.95. The highest BCUT2D eigenvalue weighted by molar-refractivity contribution is 6.31. The van der Waals surface area contributed by atoms with Gasteiger partial charge in [0.05, 0.1) is 24.4 Å². The van der Waals surface area contributed by atoms with Gasteiger partial charge in [-0.25, -0.2) is 4.79 Å². The number of carbonyl (C=O) groups is 1. The highest BCUT2D eigenvalue weighted by Gasteiger charge is 2.36. The Bertz CT molecular complexity index is 1430. The van der Waals surface area contributed by atoms with Gasteiger partial charge in [-0.15, -0.1) is 0 Å². The van der Waals surface area contributed by atoms with Gasteiger partial charge in [-0.3, -0.25) is 4.90 Å². The molecule has 176 valence electrons. The summed E-state index contributed by atoms with van der Waals surface area (Å²) in [6.45, 7) is 3.77. The second-order valence-corrected chi connectivity index (χ2v) is 8.62. The van der Waals surface area contributed by atoms with E-state index in [9.17, 15) is 4.79 Å². The highest BCUT2D eigenvalue weighted by Crippen LogP contribution is 2.40. The molecule has 1 N–H and O–H groups in total. The summed E-state index contributed by atoms with van der Waals surface area (Å²) in [4.78, 5) is 19.7. The zero-order chi connectivity index (χ0) is 24.5. The molecule has 1 aliphatic heterocycles. The molecule has 0 radical (unpaired) electrons. The fourth-order valence-corrected chi connectivity index (χ4v) is 4.32. The number of nitrogens with zero attached hydrogens (tertiary/aromatic N) is 3. The predicted octanol–water partition coefficient (Wildman–Crippen LogP) is 6.41. The Balaban J connectivity index is 1.67. The summed E-state index contributed by atoms with van der Waals surface area (Å²) >= 11 is 6.23. The zero-order valence-electron chi connectivity index (χ0n) is 19.4. The minimum Gasteiger partial charge on any atom is -0.497 e. The highest BCUT2D eigenvalue weighted by atomic mass is 35.5. The van der Waals surface area contributed by atoms with Crippen LogP contribution < -0.4 is 15.0 Å². The minimum absolute atomic E-state index is 0.274. The lowest BCUT2D eigenvalue weighted by Gasteiger charge is -2.35. The molecule has 2 amide bonds. The average molecular weight is 487 g/mol. The molecular weight excluding hydrogens is 464 g/mol. The van der Waals surface area contributed by atoms with Gasteiger partial charge in [-0.05, 0) is 55.3 Å². The van der Waals surface area contributed by atoms with Crippen LogP contribution in [0.4, 0.5) is 10.5 Å². The first-order valence-electron chi connectivity index (χ1n) is 11.1. The molecule has 3 aromatic carbocycles. The third kappa shape index (κ3) is 4.26. The molecular formula is C27H23ClN4O3. The molecule has 8 heteroatoms. The number of amides is 2. The van der Waals surface area contributed by atoms with Crippen LogP contribution in [0.5, 0.6) is 5.75 Å². The number of nitrogens with one attached hydrogen (secondary N) is 1. The number of rotatable bonds is 5. The maximum Gasteiger partial charge on any atom is 0.326 e. The fourth-order valence-electron chi connectivity index (χ4n) is 4.21. The van der Waals surface area contributed by atoms with E-state index >= 15 is 0 Å². The van der Waals surface area contributed by atoms with Crippen LogP contribution in [0.2, 0.25) is 5.02 Å². The Hall–Kier alpha value is -4.10. The molecule has 0 bridgehead atoms. The third-order valence-electron chi connectivity index (χ3n) is 6.00. The van der Waals surface area contributed by atoms with Crippen LogP contribution in [0, 0.1) is 6.92 Å². The predicted molar refractivity (Wildman–Crippen MR) is 135 cm³/mol. The molecule has 5 rings (SSSR count). The van der Waals surface area contributed by atoms with Crippen LogP contribution in [0.1, 0.15) is 30.0 Å². The Kier molecular flexibility index (Phi) is 6.01. The van der Waals surface area contributed by atoms with Crippen molar-refractivity contribution in [2.45, 2.75) is 19.9 Å². The maximum absolute atomic E-state index is 13.4. The average Bonchev–Trinajstić information content (AvgIpc) is 3.36. The van der Waals surface area contributed by atoms with E-state index in [1.807, 2.05) is 80.6 Å². The van der Waals surface area contributed by atoms with Crippen molar-refractivity contribution in [2.24, 2.45) is 0 Å². The maximum atomic E-state index is 13.4. The molecule has 1 aliphatic rings. The number of carbonyl (C=O) groups excluding carboxylic acids is 1. The van der Waals surface area contributed by atoms with Crippen molar-refractivity contribution in [3.8, 4) is 17.1 Å². The molecule has 0 aliphatic carbocycles. The molecule has 4 aromatic rings. The summed E-state index contributed by atoms with van der Waals surface area (Å²) in [7, 11) is 1.61. The van der Waals surface area contributed by atoms with Crippen molar-refractivity contribution in [3.05, 3.63) is 101 Å². The summed E-state index contributed by atoms with van der Waals surface area (Å²) < 4.78 is 11.2.